The summed E-state index contributed by atoms with van der Waals surface area (Å²) in [4.78, 5) is 25.9. The van der Waals surface area contributed by atoms with Gasteiger partial charge in [0.2, 0.25) is 5.91 Å². The fraction of sp³-hybridized carbons (Fsp3) is 0.577. The van der Waals surface area contributed by atoms with Crippen LogP contribution in [0.4, 0.5) is 0 Å². The number of aliphatic hydroxyl groups is 3. The Labute approximate surface area is 227 Å². The normalized spacial score (nSPS) is 22.1. The summed E-state index contributed by atoms with van der Waals surface area (Å²) in [7, 11) is 0. The number of unbranched alkanes of at least 4 members (excludes halogenated alkanes) is 1. The highest BCUT2D eigenvalue weighted by molar-refractivity contribution is 6.30. The van der Waals surface area contributed by atoms with Gasteiger partial charge in [-0.05, 0) is 43.4 Å². The second kappa shape index (κ2) is 17.7. The quantitative estimate of drug-likeness (QED) is 0.0921. The molecule has 2 rings (SSSR count). The van der Waals surface area contributed by atoms with Gasteiger partial charge in [0.05, 0.1) is 25.4 Å². The maximum Gasteiger partial charge on any atom is 0.294 e. The molecular weight excluding hydrogens is 520 g/mol. The number of hydrogen-bond acceptors (Lipinski definition) is 9. The molecule has 212 valence electrons. The summed E-state index contributed by atoms with van der Waals surface area (Å²) in [6.45, 7) is 0.508. The number of hydrogen-bond donors (Lipinski definition) is 4. The van der Waals surface area contributed by atoms with Crippen molar-refractivity contribution in [2.75, 3.05) is 33.0 Å². The number of halogens is 1. The average molecular weight is 557 g/mol. The number of aliphatic hydroxyl groups excluding tert-OH is 3. The Kier molecular flexibility index (Phi) is 14.7. The predicted octanol–water partition coefficient (Wildman–Crippen LogP) is 2.45. The minimum Gasteiger partial charge on any atom is -0.491 e. The zero-order valence-corrected chi connectivity index (χ0v) is 21.9. The van der Waals surface area contributed by atoms with E-state index in [0.717, 1.165) is 0 Å². The van der Waals surface area contributed by atoms with Crippen LogP contribution in [0.25, 0.3) is 0 Å². The molecule has 1 amide bonds. The second-order valence-electron chi connectivity index (χ2n) is 8.95. The van der Waals surface area contributed by atoms with E-state index >= 15 is 0 Å². The number of nitrogens with one attached hydrogen (secondary N) is 1. The Bertz CT molecular complexity index is 914. The van der Waals surface area contributed by atoms with Crippen LogP contribution in [0.1, 0.15) is 32.1 Å². The van der Waals surface area contributed by atoms with Crippen LogP contribution >= 0.6 is 11.6 Å². The Hall–Kier alpha value is -2.70. The Morgan fingerprint density at radius 3 is 2.82 bits per heavy atom. The fourth-order valence-electron chi connectivity index (χ4n) is 4.13. The van der Waals surface area contributed by atoms with Crippen molar-refractivity contribution >= 4 is 17.5 Å². The molecule has 1 fully saturated rings. The van der Waals surface area contributed by atoms with Gasteiger partial charge in [-0.15, -0.1) is 10.1 Å². The van der Waals surface area contributed by atoms with Crippen LogP contribution in [0.3, 0.4) is 0 Å². The van der Waals surface area contributed by atoms with Crippen LogP contribution in [0.2, 0.25) is 5.02 Å². The van der Waals surface area contributed by atoms with Crippen molar-refractivity contribution < 1.29 is 39.5 Å². The molecule has 0 aliphatic heterocycles. The van der Waals surface area contributed by atoms with E-state index in [1.165, 1.54) is 0 Å². The van der Waals surface area contributed by atoms with E-state index in [4.69, 9.17) is 21.1 Å². The number of ether oxygens (including phenoxy) is 2. The topological polar surface area (TPSA) is 161 Å². The molecule has 0 unspecified atom stereocenters. The number of amides is 1. The van der Waals surface area contributed by atoms with E-state index < -0.39 is 23.4 Å². The second-order valence-corrected chi connectivity index (χ2v) is 9.39. The standard InChI is InChI=1S/C26H37ClN2O9/c27-19-6-5-7-21(16-19)37-18-20(30)10-11-23-22(24(31)17-25(23)32)8-3-1-2-4-9-26(33)28-12-13-36-14-15-38-29(34)35/h1,3,5-7,10-11,16,20,22-25,30-32H,2,4,8-9,12-15,17-18H2,(H,28,33)/b3-1-,11-10+/t20-,22-,23-,24+,25-/m1/s1. The van der Waals surface area contributed by atoms with Gasteiger partial charge in [-0.25, -0.2) is 0 Å². The summed E-state index contributed by atoms with van der Waals surface area (Å²) in [6.07, 6.45) is 7.52. The van der Waals surface area contributed by atoms with Crippen molar-refractivity contribution in [2.24, 2.45) is 11.8 Å². The molecule has 0 saturated heterocycles. The highest BCUT2D eigenvalue weighted by Crippen LogP contribution is 2.36. The van der Waals surface area contributed by atoms with Crippen LogP contribution < -0.4 is 10.1 Å². The van der Waals surface area contributed by atoms with Gasteiger partial charge < -0.3 is 34.9 Å². The number of carbonyl (C=O) groups excluding carboxylic acids is 1. The number of nitrogens with zero attached hydrogens (tertiary/aromatic N) is 1. The average Bonchev–Trinajstić information content (AvgIpc) is 3.14. The molecule has 1 aliphatic rings. The molecule has 38 heavy (non-hydrogen) atoms. The van der Waals surface area contributed by atoms with Gasteiger partial charge in [-0.2, -0.15) is 0 Å². The summed E-state index contributed by atoms with van der Waals surface area (Å²) in [5, 5.41) is 43.4. The van der Waals surface area contributed by atoms with Crippen LogP contribution in [-0.4, -0.2) is 77.6 Å². The molecule has 12 heteroatoms. The highest BCUT2D eigenvalue weighted by atomic mass is 35.5. The summed E-state index contributed by atoms with van der Waals surface area (Å²) in [6, 6.07) is 6.88. The lowest BCUT2D eigenvalue weighted by atomic mass is 9.89. The van der Waals surface area contributed by atoms with E-state index in [-0.39, 0.29) is 50.6 Å². The summed E-state index contributed by atoms with van der Waals surface area (Å²) in [5.74, 6) is -0.0399. The number of rotatable bonds is 18. The maximum atomic E-state index is 11.8. The first-order valence-corrected chi connectivity index (χ1v) is 13.0. The fourth-order valence-corrected chi connectivity index (χ4v) is 4.31. The molecule has 1 aromatic carbocycles. The molecule has 4 N–H and O–H groups in total. The zero-order chi connectivity index (χ0) is 27.8. The van der Waals surface area contributed by atoms with Gasteiger partial charge in [-0.3, -0.25) is 4.79 Å². The number of carbonyl (C=O) groups is 1. The van der Waals surface area contributed by atoms with Gasteiger partial charge in [0.15, 0.2) is 0 Å². The first kappa shape index (κ1) is 31.5. The van der Waals surface area contributed by atoms with E-state index in [9.17, 15) is 30.2 Å². The SMILES string of the molecule is O=C(CCC/C=C\C[C@@H]1[C@@H](/C=C/[C@@H](O)COc2cccc(Cl)c2)[C@H](O)C[C@@H]1O)NCCOCCO[N+](=O)[O-]. The lowest BCUT2D eigenvalue weighted by molar-refractivity contribution is -0.758. The summed E-state index contributed by atoms with van der Waals surface area (Å²) >= 11 is 5.93. The van der Waals surface area contributed by atoms with Crippen LogP contribution in [0.5, 0.6) is 5.75 Å². The van der Waals surface area contributed by atoms with Crippen molar-refractivity contribution in [1.29, 1.82) is 0 Å². The van der Waals surface area contributed by atoms with Crippen LogP contribution in [0, 0.1) is 22.0 Å². The summed E-state index contributed by atoms with van der Waals surface area (Å²) < 4.78 is 10.6. The van der Waals surface area contributed by atoms with Gasteiger partial charge in [0, 0.05) is 30.3 Å². The van der Waals surface area contributed by atoms with Crippen molar-refractivity contribution in [3.05, 3.63) is 63.7 Å². The summed E-state index contributed by atoms with van der Waals surface area (Å²) in [5.41, 5.74) is 0. The monoisotopic (exact) mass is 556 g/mol. The molecule has 0 heterocycles. The third-order valence-electron chi connectivity index (χ3n) is 6.03. The molecule has 5 atom stereocenters. The van der Waals surface area contributed by atoms with E-state index in [1.54, 1.807) is 36.4 Å². The lowest BCUT2D eigenvalue weighted by Crippen LogP contribution is -2.27. The Morgan fingerprint density at radius 2 is 2.05 bits per heavy atom. The van der Waals surface area contributed by atoms with Gasteiger partial charge in [0.25, 0.3) is 5.09 Å². The van der Waals surface area contributed by atoms with E-state index in [2.05, 4.69) is 10.2 Å². The molecule has 1 aliphatic carbocycles. The van der Waals surface area contributed by atoms with E-state index in [0.29, 0.717) is 43.0 Å². The van der Waals surface area contributed by atoms with Gasteiger partial charge >= 0.3 is 0 Å². The number of allylic oxidation sites excluding steroid dienone is 2. The van der Waals surface area contributed by atoms with Crippen molar-refractivity contribution in [1.82, 2.24) is 5.32 Å². The first-order chi connectivity index (χ1) is 18.3. The maximum absolute atomic E-state index is 11.8. The minimum atomic E-state index is -0.887. The lowest BCUT2D eigenvalue weighted by Gasteiger charge is -2.19. The molecular formula is C26H37ClN2O9. The van der Waals surface area contributed by atoms with Crippen molar-refractivity contribution in [3.63, 3.8) is 0 Å². The van der Waals surface area contributed by atoms with Crippen molar-refractivity contribution in [2.45, 2.75) is 50.4 Å². The molecule has 1 saturated carbocycles. The first-order valence-electron chi connectivity index (χ1n) is 12.6. The van der Waals surface area contributed by atoms with Gasteiger partial charge in [-0.1, -0.05) is 42.0 Å². The van der Waals surface area contributed by atoms with Crippen molar-refractivity contribution in [3.8, 4) is 5.75 Å². The predicted molar refractivity (Wildman–Crippen MR) is 140 cm³/mol. The van der Waals surface area contributed by atoms with Crippen LogP contribution in [0.15, 0.2) is 48.6 Å². The minimum absolute atomic E-state index is 0.0340. The Balaban J connectivity index is 1.63. The number of benzene rings is 1. The van der Waals surface area contributed by atoms with Crippen LogP contribution in [-0.2, 0) is 14.4 Å². The Morgan fingerprint density at radius 1 is 1.24 bits per heavy atom. The van der Waals surface area contributed by atoms with Gasteiger partial charge in [0.1, 0.15) is 25.1 Å². The molecule has 0 aromatic heterocycles. The highest BCUT2D eigenvalue weighted by Gasteiger charge is 2.39. The third-order valence-corrected chi connectivity index (χ3v) is 6.27. The molecule has 0 spiro atoms. The third kappa shape index (κ3) is 12.7. The molecule has 11 nitrogen and oxygen atoms in total. The molecule has 1 aromatic rings. The van der Waals surface area contributed by atoms with E-state index in [1.807, 2.05) is 12.2 Å². The smallest absolute Gasteiger partial charge is 0.294 e. The molecule has 0 bridgehead atoms. The largest absolute Gasteiger partial charge is 0.491 e. The molecule has 0 radical (unpaired) electrons. The zero-order valence-electron chi connectivity index (χ0n) is 21.2.